The van der Waals surface area contributed by atoms with Crippen LogP contribution in [0.1, 0.15) is 32.6 Å². The fourth-order valence-corrected chi connectivity index (χ4v) is 2.35. The van der Waals surface area contributed by atoms with Crippen molar-refractivity contribution >= 4 is 11.4 Å². The standard InChI is InChI=1S/C15H21N3/c1-2-13(12-16)17-14-6-8-15(9-7-14)18-10-4-3-5-11-18/h6-9,13,17H,2-5,10-11H2,1H3. The highest BCUT2D eigenvalue weighted by Crippen LogP contribution is 2.22. The van der Waals surface area contributed by atoms with E-state index in [1.54, 1.807) is 0 Å². The Morgan fingerprint density at radius 2 is 1.89 bits per heavy atom. The zero-order chi connectivity index (χ0) is 12.8. The molecule has 18 heavy (non-hydrogen) atoms. The van der Waals surface area contributed by atoms with Gasteiger partial charge in [0.05, 0.1) is 6.07 Å². The molecule has 0 bridgehead atoms. The van der Waals surface area contributed by atoms with Crippen molar-refractivity contribution in [2.75, 3.05) is 23.3 Å². The molecule has 0 radical (unpaired) electrons. The number of anilines is 2. The maximum absolute atomic E-state index is 8.93. The molecule has 1 saturated heterocycles. The predicted molar refractivity (Wildman–Crippen MR) is 75.8 cm³/mol. The summed E-state index contributed by atoms with van der Waals surface area (Å²) in [6, 6.07) is 10.6. The summed E-state index contributed by atoms with van der Waals surface area (Å²) in [6.45, 7) is 4.36. The van der Waals surface area contributed by atoms with Crippen LogP contribution in [0.25, 0.3) is 0 Å². The number of hydrogen-bond donors (Lipinski definition) is 1. The van der Waals surface area contributed by atoms with Crippen molar-refractivity contribution in [2.45, 2.75) is 38.6 Å². The van der Waals surface area contributed by atoms with Gasteiger partial charge in [-0.3, -0.25) is 0 Å². The van der Waals surface area contributed by atoms with E-state index in [0.717, 1.165) is 12.1 Å². The molecule has 0 spiro atoms. The Morgan fingerprint density at radius 1 is 1.22 bits per heavy atom. The molecule has 1 fully saturated rings. The van der Waals surface area contributed by atoms with Gasteiger partial charge in [-0.05, 0) is 49.9 Å². The normalized spacial score (nSPS) is 17.0. The summed E-state index contributed by atoms with van der Waals surface area (Å²) < 4.78 is 0. The third-order valence-corrected chi connectivity index (χ3v) is 3.49. The van der Waals surface area contributed by atoms with Gasteiger partial charge in [0.25, 0.3) is 0 Å². The van der Waals surface area contributed by atoms with Crippen LogP contribution in [0.2, 0.25) is 0 Å². The van der Waals surface area contributed by atoms with Gasteiger partial charge < -0.3 is 10.2 Å². The van der Waals surface area contributed by atoms with E-state index in [1.807, 2.05) is 6.92 Å². The molecule has 0 aliphatic carbocycles. The largest absolute Gasteiger partial charge is 0.372 e. The zero-order valence-electron chi connectivity index (χ0n) is 11.0. The lowest BCUT2D eigenvalue weighted by atomic mass is 10.1. The highest BCUT2D eigenvalue weighted by Gasteiger charge is 2.10. The van der Waals surface area contributed by atoms with Gasteiger partial charge in [0.15, 0.2) is 0 Å². The molecule has 1 aliphatic heterocycles. The Balaban J connectivity index is 1.98. The molecule has 3 heteroatoms. The molecular weight excluding hydrogens is 222 g/mol. The van der Waals surface area contributed by atoms with Crippen molar-refractivity contribution in [2.24, 2.45) is 0 Å². The van der Waals surface area contributed by atoms with E-state index in [-0.39, 0.29) is 6.04 Å². The molecule has 0 saturated carbocycles. The SMILES string of the molecule is CCC(C#N)Nc1ccc(N2CCCCC2)cc1. The van der Waals surface area contributed by atoms with Crippen molar-refractivity contribution in [3.8, 4) is 6.07 Å². The Morgan fingerprint density at radius 3 is 2.44 bits per heavy atom. The molecule has 1 aliphatic rings. The number of nitrogens with one attached hydrogen (secondary N) is 1. The van der Waals surface area contributed by atoms with Crippen LogP contribution in [0.15, 0.2) is 24.3 Å². The Labute approximate surface area is 109 Å². The highest BCUT2D eigenvalue weighted by atomic mass is 15.1. The van der Waals surface area contributed by atoms with Crippen molar-refractivity contribution in [3.63, 3.8) is 0 Å². The Kier molecular flexibility index (Phi) is 4.46. The second-order valence-electron chi connectivity index (χ2n) is 4.83. The van der Waals surface area contributed by atoms with Gasteiger partial charge in [0.1, 0.15) is 6.04 Å². The van der Waals surface area contributed by atoms with Crippen LogP contribution in [-0.2, 0) is 0 Å². The van der Waals surface area contributed by atoms with Gasteiger partial charge in [-0.15, -0.1) is 0 Å². The van der Waals surface area contributed by atoms with E-state index < -0.39 is 0 Å². The summed E-state index contributed by atoms with van der Waals surface area (Å²) in [5.74, 6) is 0. The third kappa shape index (κ3) is 3.16. The van der Waals surface area contributed by atoms with E-state index in [0.29, 0.717) is 0 Å². The van der Waals surface area contributed by atoms with E-state index in [2.05, 4.69) is 40.6 Å². The van der Waals surface area contributed by atoms with Crippen LogP contribution in [0.3, 0.4) is 0 Å². The lowest BCUT2D eigenvalue weighted by Crippen LogP contribution is -2.29. The first-order valence-corrected chi connectivity index (χ1v) is 6.84. The monoisotopic (exact) mass is 243 g/mol. The number of rotatable bonds is 4. The van der Waals surface area contributed by atoms with E-state index in [1.165, 1.54) is 38.0 Å². The van der Waals surface area contributed by atoms with Crippen molar-refractivity contribution in [1.82, 2.24) is 0 Å². The minimum Gasteiger partial charge on any atom is -0.372 e. The van der Waals surface area contributed by atoms with Crippen LogP contribution in [0.5, 0.6) is 0 Å². The topological polar surface area (TPSA) is 39.1 Å². The van der Waals surface area contributed by atoms with Gasteiger partial charge in [-0.25, -0.2) is 0 Å². The predicted octanol–water partition coefficient (Wildman–Crippen LogP) is 3.39. The number of benzene rings is 1. The lowest BCUT2D eigenvalue weighted by molar-refractivity contribution is 0.578. The molecule has 1 atom stereocenters. The molecule has 1 unspecified atom stereocenters. The van der Waals surface area contributed by atoms with Crippen molar-refractivity contribution < 1.29 is 0 Å². The third-order valence-electron chi connectivity index (χ3n) is 3.49. The van der Waals surface area contributed by atoms with Gasteiger partial charge in [0.2, 0.25) is 0 Å². The fraction of sp³-hybridized carbons (Fsp3) is 0.533. The van der Waals surface area contributed by atoms with E-state index in [4.69, 9.17) is 5.26 Å². The molecule has 1 N–H and O–H groups in total. The zero-order valence-corrected chi connectivity index (χ0v) is 11.0. The first-order chi connectivity index (χ1) is 8.83. The molecule has 1 heterocycles. The van der Waals surface area contributed by atoms with Crippen LogP contribution in [0.4, 0.5) is 11.4 Å². The fourth-order valence-electron chi connectivity index (χ4n) is 2.35. The minimum absolute atomic E-state index is 0.0918. The van der Waals surface area contributed by atoms with Crippen molar-refractivity contribution in [3.05, 3.63) is 24.3 Å². The maximum Gasteiger partial charge on any atom is 0.114 e. The molecule has 1 aromatic rings. The van der Waals surface area contributed by atoms with E-state index in [9.17, 15) is 0 Å². The second-order valence-corrected chi connectivity index (χ2v) is 4.83. The Hall–Kier alpha value is -1.69. The minimum atomic E-state index is -0.0918. The quantitative estimate of drug-likeness (QED) is 0.881. The number of nitrogens with zero attached hydrogens (tertiary/aromatic N) is 2. The number of nitriles is 1. The molecule has 1 aromatic carbocycles. The van der Waals surface area contributed by atoms with Gasteiger partial charge in [-0.2, -0.15) is 5.26 Å². The van der Waals surface area contributed by atoms with Crippen LogP contribution >= 0.6 is 0 Å². The first kappa shape index (κ1) is 12.8. The summed E-state index contributed by atoms with van der Waals surface area (Å²) in [7, 11) is 0. The van der Waals surface area contributed by atoms with Gasteiger partial charge in [0, 0.05) is 24.5 Å². The highest BCUT2D eigenvalue weighted by molar-refractivity contribution is 5.56. The Bertz CT molecular complexity index is 399. The molecule has 0 aromatic heterocycles. The van der Waals surface area contributed by atoms with Crippen LogP contribution in [-0.4, -0.2) is 19.1 Å². The molecule has 2 rings (SSSR count). The summed E-state index contributed by atoms with van der Waals surface area (Å²) in [6.07, 6.45) is 4.78. The average molecular weight is 243 g/mol. The molecular formula is C15H21N3. The summed E-state index contributed by atoms with van der Waals surface area (Å²) in [4.78, 5) is 2.44. The molecule has 3 nitrogen and oxygen atoms in total. The lowest BCUT2D eigenvalue weighted by Gasteiger charge is -2.29. The average Bonchev–Trinajstić information content (AvgIpc) is 2.46. The van der Waals surface area contributed by atoms with Crippen molar-refractivity contribution in [1.29, 1.82) is 5.26 Å². The van der Waals surface area contributed by atoms with E-state index >= 15 is 0 Å². The first-order valence-electron chi connectivity index (χ1n) is 6.84. The summed E-state index contributed by atoms with van der Waals surface area (Å²) >= 11 is 0. The van der Waals surface area contributed by atoms with Gasteiger partial charge in [-0.1, -0.05) is 6.92 Å². The maximum atomic E-state index is 8.93. The second kappa shape index (κ2) is 6.30. The van der Waals surface area contributed by atoms with Gasteiger partial charge >= 0.3 is 0 Å². The number of hydrogen-bond acceptors (Lipinski definition) is 3. The molecule has 96 valence electrons. The number of piperidine rings is 1. The summed E-state index contributed by atoms with van der Waals surface area (Å²) in [5, 5.41) is 12.2. The molecule has 0 amide bonds. The van der Waals surface area contributed by atoms with Crippen LogP contribution < -0.4 is 10.2 Å². The smallest absolute Gasteiger partial charge is 0.114 e. The summed E-state index contributed by atoms with van der Waals surface area (Å²) in [5.41, 5.74) is 2.33. The van der Waals surface area contributed by atoms with Crippen LogP contribution in [0, 0.1) is 11.3 Å².